The normalized spacial score (nSPS) is 20.4. The highest BCUT2D eigenvalue weighted by molar-refractivity contribution is 7.09. The predicted octanol–water partition coefficient (Wildman–Crippen LogP) is 2.07. The van der Waals surface area contributed by atoms with E-state index < -0.39 is 0 Å². The van der Waals surface area contributed by atoms with Crippen LogP contribution in [0.15, 0.2) is 11.6 Å². The number of hydrogen-bond acceptors (Lipinski definition) is 5. The second kappa shape index (κ2) is 5.63. The van der Waals surface area contributed by atoms with E-state index in [1.54, 1.807) is 11.3 Å². The Morgan fingerprint density at radius 2 is 2.25 bits per heavy atom. The van der Waals surface area contributed by atoms with Gasteiger partial charge in [0.1, 0.15) is 11.9 Å². The first-order chi connectivity index (χ1) is 9.61. The van der Waals surface area contributed by atoms with E-state index in [4.69, 9.17) is 4.74 Å². The first-order valence-electron chi connectivity index (χ1n) is 6.86. The third-order valence-electron chi connectivity index (χ3n) is 3.52. The van der Waals surface area contributed by atoms with Gasteiger partial charge in [-0.05, 0) is 13.8 Å². The summed E-state index contributed by atoms with van der Waals surface area (Å²) >= 11 is 1.71. The summed E-state index contributed by atoms with van der Waals surface area (Å²) in [5.41, 5.74) is 2.20. The molecule has 2 aromatic heterocycles. The Labute approximate surface area is 123 Å². The van der Waals surface area contributed by atoms with Crippen molar-refractivity contribution >= 4 is 11.3 Å². The van der Waals surface area contributed by atoms with Crippen molar-refractivity contribution in [1.82, 2.24) is 19.4 Å². The van der Waals surface area contributed by atoms with Crippen molar-refractivity contribution in [3.8, 4) is 0 Å². The molecule has 3 rings (SSSR count). The molecule has 0 saturated carbocycles. The molecule has 1 aliphatic rings. The Hall–Kier alpha value is -1.24. The van der Waals surface area contributed by atoms with Crippen molar-refractivity contribution in [3.05, 3.63) is 33.8 Å². The minimum Gasteiger partial charge on any atom is -0.368 e. The minimum atomic E-state index is 0.0576. The van der Waals surface area contributed by atoms with Crippen molar-refractivity contribution in [2.45, 2.75) is 26.5 Å². The van der Waals surface area contributed by atoms with Crippen molar-refractivity contribution in [1.29, 1.82) is 0 Å². The topological polar surface area (TPSA) is 43.2 Å². The van der Waals surface area contributed by atoms with Gasteiger partial charge in [0.25, 0.3) is 0 Å². The molecule has 0 radical (unpaired) electrons. The Kier molecular flexibility index (Phi) is 3.87. The fourth-order valence-electron chi connectivity index (χ4n) is 2.65. The summed E-state index contributed by atoms with van der Waals surface area (Å²) in [5.74, 6) is 1.02. The summed E-state index contributed by atoms with van der Waals surface area (Å²) in [5, 5.41) is 3.27. The van der Waals surface area contributed by atoms with Gasteiger partial charge >= 0.3 is 0 Å². The van der Waals surface area contributed by atoms with Crippen LogP contribution in [0.4, 0.5) is 0 Å². The second-order valence-corrected chi connectivity index (χ2v) is 6.37. The summed E-state index contributed by atoms with van der Waals surface area (Å²) < 4.78 is 7.95. The molecule has 1 fully saturated rings. The molecule has 108 valence electrons. The van der Waals surface area contributed by atoms with E-state index in [-0.39, 0.29) is 6.10 Å². The first-order valence-corrected chi connectivity index (χ1v) is 7.74. The van der Waals surface area contributed by atoms with E-state index in [1.165, 1.54) is 0 Å². The number of aromatic nitrogens is 3. The van der Waals surface area contributed by atoms with E-state index in [2.05, 4.69) is 24.8 Å². The van der Waals surface area contributed by atoms with Gasteiger partial charge in [-0.25, -0.2) is 9.97 Å². The molecule has 5 nitrogen and oxygen atoms in total. The summed E-state index contributed by atoms with van der Waals surface area (Å²) in [7, 11) is 2.03. The van der Waals surface area contributed by atoms with Crippen LogP contribution in [0.1, 0.15) is 28.3 Å². The summed E-state index contributed by atoms with van der Waals surface area (Å²) in [6, 6.07) is 0. The lowest BCUT2D eigenvalue weighted by Gasteiger charge is -2.32. The van der Waals surface area contributed by atoms with Crippen LogP contribution in [0, 0.1) is 13.8 Å². The van der Waals surface area contributed by atoms with Crippen molar-refractivity contribution < 1.29 is 4.74 Å². The molecule has 0 spiro atoms. The van der Waals surface area contributed by atoms with E-state index in [0.29, 0.717) is 0 Å². The minimum absolute atomic E-state index is 0.0576. The van der Waals surface area contributed by atoms with Crippen LogP contribution >= 0.6 is 11.3 Å². The van der Waals surface area contributed by atoms with Gasteiger partial charge in [-0.15, -0.1) is 11.3 Å². The molecule has 3 heterocycles. The number of hydrogen-bond donors (Lipinski definition) is 0. The molecule has 2 aromatic rings. The van der Waals surface area contributed by atoms with Crippen LogP contribution in [-0.2, 0) is 18.3 Å². The molecule has 0 N–H and O–H groups in total. The lowest BCUT2D eigenvalue weighted by molar-refractivity contribution is -0.0387. The molecule has 0 aromatic carbocycles. The van der Waals surface area contributed by atoms with Gasteiger partial charge < -0.3 is 9.30 Å². The maximum atomic E-state index is 5.89. The summed E-state index contributed by atoms with van der Waals surface area (Å²) in [6.45, 7) is 7.54. The van der Waals surface area contributed by atoms with Gasteiger partial charge in [-0.3, -0.25) is 4.90 Å². The fraction of sp³-hybridized carbons (Fsp3) is 0.571. The van der Waals surface area contributed by atoms with Gasteiger partial charge in [-0.1, -0.05) is 0 Å². The molecular weight excluding hydrogens is 272 g/mol. The maximum Gasteiger partial charge on any atom is 0.139 e. The zero-order chi connectivity index (χ0) is 14.1. The molecular formula is C14H20N4OS. The number of aryl methyl sites for hydroxylation is 3. The van der Waals surface area contributed by atoms with Gasteiger partial charge in [0, 0.05) is 38.3 Å². The van der Waals surface area contributed by atoms with Gasteiger partial charge in [0.15, 0.2) is 0 Å². The molecule has 0 amide bonds. The molecule has 0 aliphatic carbocycles. The average molecular weight is 292 g/mol. The van der Waals surface area contributed by atoms with Crippen LogP contribution in [0.3, 0.4) is 0 Å². The third kappa shape index (κ3) is 2.92. The van der Waals surface area contributed by atoms with Crippen molar-refractivity contribution in [2.24, 2.45) is 7.05 Å². The Balaban J connectivity index is 1.68. The molecule has 0 unspecified atom stereocenters. The number of thiazole rings is 1. The summed E-state index contributed by atoms with van der Waals surface area (Å²) in [4.78, 5) is 11.5. The molecule has 0 bridgehead atoms. The van der Waals surface area contributed by atoms with E-state index >= 15 is 0 Å². The van der Waals surface area contributed by atoms with Crippen LogP contribution in [0.25, 0.3) is 0 Å². The van der Waals surface area contributed by atoms with Crippen LogP contribution < -0.4 is 0 Å². The lowest BCUT2D eigenvalue weighted by Crippen LogP contribution is -2.38. The molecule has 1 saturated heterocycles. The maximum absolute atomic E-state index is 5.89. The molecule has 20 heavy (non-hydrogen) atoms. The lowest BCUT2D eigenvalue weighted by atomic mass is 10.2. The van der Waals surface area contributed by atoms with Crippen LogP contribution in [0.2, 0.25) is 0 Å². The van der Waals surface area contributed by atoms with Gasteiger partial charge in [0.2, 0.25) is 0 Å². The second-order valence-electron chi connectivity index (χ2n) is 5.30. The standard InChI is InChI=1S/C14H20N4OS/c1-10-6-17(3)14(15-10)13-8-18(4-5-19-13)7-12-9-20-11(2)16-12/h6,9,13H,4-5,7-8H2,1-3H3/t13-/m0/s1. The smallest absolute Gasteiger partial charge is 0.139 e. The first kappa shape index (κ1) is 13.7. The third-order valence-corrected chi connectivity index (χ3v) is 4.35. The average Bonchev–Trinajstić information content (AvgIpc) is 2.96. The molecule has 1 aliphatic heterocycles. The Morgan fingerprint density at radius 3 is 2.90 bits per heavy atom. The Bertz CT molecular complexity index is 592. The predicted molar refractivity (Wildman–Crippen MR) is 78.8 cm³/mol. The number of morpholine rings is 1. The fourth-order valence-corrected chi connectivity index (χ4v) is 3.25. The highest BCUT2D eigenvalue weighted by Crippen LogP contribution is 2.22. The SMILES string of the molecule is Cc1cn(C)c([C@@H]2CN(Cc3csc(C)n3)CCO2)n1. The molecule has 6 heteroatoms. The number of ether oxygens (including phenoxy) is 1. The van der Waals surface area contributed by atoms with Gasteiger partial charge in [0.05, 0.1) is 23.0 Å². The largest absolute Gasteiger partial charge is 0.368 e. The number of imidazole rings is 1. The molecule has 1 atom stereocenters. The van der Waals surface area contributed by atoms with Crippen molar-refractivity contribution in [2.75, 3.05) is 19.7 Å². The van der Waals surface area contributed by atoms with Crippen LogP contribution in [-0.4, -0.2) is 39.1 Å². The monoisotopic (exact) mass is 292 g/mol. The zero-order valence-corrected chi connectivity index (χ0v) is 13.0. The van der Waals surface area contributed by atoms with Crippen molar-refractivity contribution in [3.63, 3.8) is 0 Å². The van der Waals surface area contributed by atoms with Gasteiger partial charge in [-0.2, -0.15) is 0 Å². The number of nitrogens with zero attached hydrogens (tertiary/aromatic N) is 4. The zero-order valence-electron chi connectivity index (χ0n) is 12.2. The van der Waals surface area contributed by atoms with E-state index in [1.807, 2.05) is 27.1 Å². The number of rotatable bonds is 3. The van der Waals surface area contributed by atoms with E-state index in [0.717, 1.165) is 48.5 Å². The quantitative estimate of drug-likeness (QED) is 0.868. The highest BCUT2D eigenvalue weighted by atomic mass is 32.1. The Morgan fingerprint density at radius 1 is 1.40 bits per heavy atom. The van der Waals surface area contributed by atoms with Crippen LogP contribution in [0.5, 0.6) is 0 Å². The highest BCUT2D eigenvalue weighted by Gasteiger charge is 2.25. The summed E-state index contributed by atoms with van der Waals surface area (Å²) in [6.07, 6.45) is 2.10. The van der Waals surface area contributed by atoms with E-state index in [9.17, 15) is 0 Å².